The van der Waals surface area contributed by atoms with E-state index < -0.39 is 5.97 Å². The topological polar surface area (TPSA) is 64.5 Å². The lowest BCUT2D eigenvalue weighted by molar-refractivity contribution is -0.00552. The quantitative estimate of drug-likeness (QED) is 0.727. The smallest absolute Gasteiger partial charge is 0.358 e. The maximum absolute atomic E-state index is 11.2. The fourth-order valence-electron chi connectivity index (χ4n) is 2.07. The van der Waals surface area contributed by atoms with E-state index in [9.17, 15) is 4.79 Å². The van der Waals surface area contributed by atoms with Crippen molar-refractivity contribution < 1.29 is 14.3 Å². The average Bonchev–Trinajstić information content (AvgIpc) is 2.37. The SMILES string of the molecule is COC(=O)c1ccc(N2C[C@@H](C)O[C@H](C)C2)nn1. The van der Waals surface area contributed by atoms with E-state index in [4.69, 9.17) is 4.74 Å². The highest BCUT2D eigenvalue weighted by Crippen LogP contribution is 2.17. The van der Waals surface area contributed by atoms with Gasteiger partial charge in [-0.3, -0.25) is 0 Å². The summed E-state index contributed by atoms with van der Waals surface area (Å²) in [7, 11) is 1.32. The molecule has 2 heterocycles. The Labute approximate surface area is 106 Å². The molecule has 0 aliphatic carbocycles. The van der Waals surface area contributed by atoms with Crippen LogP contribution >= 0.6 is 0 Å². The van der Waals surface area contributed by atoms with Crippen LogP contribution in [0.2, 0.25) is 0 Å². The highest BCUT2D eigenvalue weighted by molar-refractivity contribution is 5.86. The molecule has 0 aromatic carbocycles. The number of carbonyl (C=O) groups is 1. The highest BCUT2D eigenvalue weighted by Gasteiger charge is 2.23. The number of nitrogens with zero attached hydrogens (tertiary/aromatic N) is 3. The van der Waals surface area contributed by atoms with Crippen LogP contribution in [-0.4, -0.2) is 48.6 Å². The molecule has 0 unspecified atom stereocenters. The first kappa shape index (κ1) is 12.8. The molecule has 2 rings (SSSR count). The Morgan fingerprint density at radius 1 is 1.33 bits per heavy atom. The van der Waals surface area contributed by atoms with Crippen LogP contribution in [0.25, 0.3) is 0 Å². The van der Waals surface area contributed by atoms with Gasteiger partial charge in [0, 0.05) is 13.1 Å². The van der Waals surface area contributed by atoms with Crippen molar-refractivity contribution in [2.45, 2.75) is 26.1 Å². The Morgan fingerprint density at radius 3 is 2.50 bits per heavy atom. The van der Waals surface area contributed by atoms with Gasteiger partial charge in [-0.1, -0.05) is 0 Å². The molecule has 0 spiro atoms. The maximum atomic E-state index is 11.2. The van der Waals surface area contributed by atoms with E-state index in [1.807, 2.05) is 13.8 Å². The number of hydrogen-bond acceptors (Lipinski definition) is 6. The number of ether oxygens (including phenoxy) is 2. The number of hydrogen-bond donors (Lipinski definition) is 0. The Morgan fingerprint density at radius 2 is 2.00 bits per heavy atom. The molecule has 6 nitrogen and oxygen atoms in total. The molecule has 0 saturated carbocycles. The van der Waals surface area contributed by atoms with Crippen molar-refractivity contribution in [1.82, 2.24) is 10.2 Å². The van der Waals surface area contributed by atoms with Gasteiger partial charge in [-0.05, 0) is 26.0 Å². The Kier molecular flexibility index (Phi) is 3.76. The van der Waals surface area contributed by atoms with Crippen LogP contribution in [0.5, 0.6) is 0 Å². The number of rotatable bonds is 2. The van der Waals surface area contributed by atoms with Gasteiger partial charge in [0.2, 0.25) is 0 Å². The molecule has 2 atom stereocenters. The molecular formula is C12H17N3O3. The van der Waals surface area contributed by atoms with Crippen molar-refractivity contribution in [3.05, 3.63) is 17.8 Å². The van der Waals surface area contributed by atoms with Crippen molar-refractivity contribution in [2.75, 3.05) is 25.1 Å². The van der Waals surface area contributed by atoms with Gasteiger partial charge in [0.05, 0.1) is 19.3 Å². The van der Waals surface area contributed by atoms with Crippen LogP contribution in [0.4, 0.5) is 5.82 Å². The van der Waals surface area contributed by atoms with Gasteiger partial charge in [0.15, 0.2) is 11.5 Å². The molecule has 6 heteroatoms. The number of aromatic nitrogens is 2. The summed E-state index contributed by atoms with van der Waals surface area (Å²) in [6.07, 6.45) is 0.326. The van der Waals surface area contributed by atoms with Gasteiger partial charge < -0.3 is 14.4 Å². The predicted molar refractivity (Wildman–Crippen MR) is 65.6 cm³/mol. The number of carbonyl (C=O) groups excluding carboxylic acids is 1. The minimum absolute atomic E-state index is 0.163. The van der Waals surface area contributed by atoms with Gasteiger partial charge in [-0.25, -0.2) is 4.79 Å². The van der Waals surface area contributed by atoms with E-state index in [-0.39, 0.29) is 17.9 Å². The molecule has 98 valence electrons. The second-order valence-electron chi connectivity index (χ2n) is 4.43. The van der Waals surface area contributed by atoms with Gasteiger partial charge in [0.25, 0.3) is 0 Å². The van der Waals surface area contributed by atoms with Gasteiger partial charge in [-0.2, -0.15) is 0 Å². The highest BCUT2D eigenvalue weighted by atomic mass is 16.5. The Hall–Kier alpha value is -1.69. The standard InChI is InChI=1S/C12H17N3O3/c1-8-6-15(7-9(2)18-8)11-5-4-10(13-14-11)12(16)17-3/h4-5,8-9H,6-7H2,1-3H3/t8-,9-/m1/s1. The fraction of sp³-hybridized carbons (Fsp3) is 0.583. The summed E-state index contributed by atoms with van der Waals surface area (Å²) in [5, 5.41) is 7.93. The van der Waals surface area contributed by atoms with Gasteiger partial charge >= 0.3 is 5.97 Å². The van der Waals surface area contributed by atoms with E-state index in [1.165, 1.54) is 7.11 Å². The van der Waals surface area contributed by atoms with E-state index in [2.05, 4.69) is 19.8 Å². The molecule has 0 bridgehead atoms. The first-order valence-corrected chi connectivity index (χ1v) is 5.92. The number of anilines is 1. The van der Waals surface area contributed by atoms with Gasteiger partial charge in [0.1, 0.15) is 0 Å². The van der Waals surface area contributed by atoms with E-state index in [0.29, 0.717) is 0 Å². The monoisotopic (exact) mass is 251 g/mol. The third-order valence-corrected chi connectivity index (χ3v) is 2.79. The van der Waals surface area contributed by atoms with Crippen molar-refractivity contribution in [2.24, 2.45) is 0 Å². The molecule has 1 aromatic rings. The second-order valence-corrected chi connectivity index (χ2v) is 4.43. The lowest BCUT2D eigenvalue weighted by atomic mass is 10.2. The molecule has 1 aliphatic rings. The first-order chi connectivity index (χ1) is 8.60. The van der Waals surface area contributed by atoms with Crippen LogP contribution in [0, 0.1) is 0 Å². The summed E-state index contributed by atoms with van der Waals surface area (Å²) in [6.45, 7) is 5.60. The predicted octanol–water partition coefficient (Wildman–Crippen LogP) is 0.877. The lowest BCUT2D eigenvalue weighted by Crippen LogP contribution is -2.45. The summed E-state index contributed by atoms with van der Waals surface area (Å²) in [5.41, 5.74) is 0.218. The summed E-state index contributed by atoms with van der Waals surface area (Å²) >= 11 is 0. The molecule has 18 heavy (non-hydrogen) atoms. The van der Waals surface area contributed by atoms with Crippen LogP contribution in [0.15, 0.2) is 12.1 Å². The van der Waals surface area contributed by atoms with Crippen LogP contribution in [0.1, 0.15) is 24.3 Å². The molecule has 1 fully saturated rings. The number of methoxy groups -OCH3 is 1. The van der Waals surface area contributed by atoms with E-state index in [1.54, 1.807) is 12.1 Å². The van der Waals surface area contributed by atoms with Gasteiger partial charge in [-0.15, -0.1) is 10.2 Å². The zero-order valence-electron chi connectivity index (χ0n) is 10.8. The summed E-state index contributed by atoms with van der Waals surface area (Å²) in [5.74, 6) is 0.280. The maximum Gasteiger partial charge on any atom is 0.358 e. The fourth-order valence-corrected chi connectivity index (χ4v) is 2.07. The molecule has 1 aromatic heterocycles. The molecule has 1 saturated heterocycles. The third-order valence-electron chi connectivity index (χ3n) is 2.79. The molecule has 1 aliphatic heterocycles. The zero-order valence-corrected chi connectivity index (χ0v) is 10.8. The summed E-state index contributed by atoms with van der Waals surface area (Å²) in [6, 6.07) is 3.41. The number of morpholine rings is 1. The van der Waals surface area contributed by atoms with E-state index in [0.717, 1.165) is 18.9 Å². The summed E-state index contributed by atoms with van der Waals surface area (Å²) in [4.78, 5) is 13.4. The normalized spacial score (nSPS) is 23.8. The first-order valence-electron chi connectivity index (χ1n) is 5.92. The van der Waals surface area contributed by atoms with Crippen molar-refractivity contribution in [3.8, 4) is 0 Å². The number of esters is 1. The molecule has 0 radical (unpaired) electrons. The molecular weight excluding hydrogens is 234 g/mol. The Balaban J connectivity index is 2.11. The molecule has 0 N–H and O–H groups in total. The molecule has 0 amide bonds. The van der Waals surface area contributed by atoms with Crippen LogP contribution in [-0.2, 0) is 9.47 Å². The minimum Gasteiger partial charge on any atom is -0.464 e. The van der Waals surface area contributed by atoms with E-state index >= 15 is 0 Å². The zero-order chi connectivity index (χ0) is 13.1. The van der Waals surface area contributed by atoms with Crippen molar-refractivity contribution in [3.63, 3.8) is 0 Å². The largest absolute Gasteiger partial charge is 0.464 e. The lowest BCUT2D eigenvalue weighted by Gasteiger charge is -2.35. The van der Waals surface area contributed by atoms with Crippen molar-refractivity contribution >= 4 is 11.8 Å². The minimum atomic E-state index is -0.474. The third kappa shape index (κ3) is 2.76. The Bertz CT molecular complexity index is 411. The van der Waals surface area contributed by atoms with Crippen molar-refractivity contribution in [1.29, 1.82) is 0 Å². The second kappa shape index (κ2) is 5.30. The van der Waals surface area contributed by atoms with Crippen LogP contribution < -0.4 is 4.90 Å². The average molecular weight is 251 g/mol. The summed E-state index contributed by atoms with van der Waals surface area (Å²) < 4.78 is 10.2. The van der Waals surface area contributed by atoms with Crippen LogP contribution in [0.3, 0.4) is 0 Å².